The third kappa shape index (κ3) is 4.62. The van der Waals surface area contributed by atoms with Crippen LogP contribution in [0.1, 0.15) is 11.6 Å². The minimum absolute atomic E-state index is 0.0292. The first kappa shape index (κ1) is 16.1. The van der Waals surface area contributed by atoms with Crippen LogP contribution in [-0.4, -0.2) is 38.8 Å². The van der Waals surface area contributed by atoms with E-state index < -0.39 is 0 Å². The lowest BCUT2D eigenvalue weighted by Crippen LogP contribution is -2.28. The van der Waals surface area contributed by atoms with Crippen molar-refractivity contribution in [2.75, 3.05) is 12.8 Å². The Morgan fingerprint density at radius 3 is 2.86 bits per heavy atom. The van der Waals surface area contributed by atoms with E-state index in [9.17, 15) is 4.79 Å². The molecule has 1 aromatic heterocycles. The van der Waals surface area contributed by atoms with E-state index in [0.29, 0.717) is 22.4 Å². The van der Waals surface area contributed by atoms with Gasteiger partial charge >= 0.3 is 0 Å². The molecule has 1 heterocycles. The maximum Gasteiger partial charge on any atom is 0.233 e. The first-order chi connectivity index (χ1) is 9.95. The van der Waals surface area contributed by atoms with Crippen LogP contribution in [0.5, 0.6) is 0 Å². The van der Waals surface area contributed by atoms with Crippen molar-refractivity contribution in [2.45, 2.75) is 18.4 Å². The average molecular weight is 345 g/mol. The molecule has 2 rings (SSSR count). The van der Waals surface area contributed by atoms with Gasteiger partial charge in [-0.1, -0.05) is 23.2 Å². The number of hydrogen-bond donors (Lipinski definition) is 1. The maximum atomic E-state index is 12.1. The van der Waals surface area contributed by atoms with E-state index in [4.69, 9.17) is 23.2 Å². The minimum Gasteiger partial charge on any atom is -0.337 e. The van der Waals surface area contributed by atoms with Crippen molar-refractivity contribution in [3.05, 3.63) is 39.9 Å². The lowest BCUT2D eigenvalue weighted by atomic mass is 10.4. The number of carbonyl (C=O) groups is 1. The fourth-order valence-electron chi connectivity index (χ4n) is 1.60. The Morgan fingerprint density at radius 2 is 2.19 bits per heavy atom. The summed E-state index contributed by atoms with van der Waals surface area (Å²) in [5, 5.41) is 7.94. The van der Waals surface area contributed by atoms with Gasteiger partial charge in [0, 0.05) is 17.0 Å². The zero-order valence-corrected chi connectivity index (χ0v) is 13.9. The summed E-state index contributed by atoms with van der Waals surface area (Å²) in [5.74, 6) is 1.57. The molecule has 1 aromatic carbocycles. The fraction of sp³-hybridized carbons (Fsp3) is 0.308. The molecule has 0 atom stereocenters. The van der Waals surface area contributed by atoms with Crippen LogP contribution in [-0.2, 0) is 11.3 Å². The molecule has 5 nitrogen and oxygen atoms in total. The van der Waals surface area contributed by atoms with Crippen molar-refractivity contribution < 1.29 is 4.79 Å². The first-order valence-electron chi connectivity index (χ1n) is 6.15. The molecule has 0 unspecified atom stereocenters. The van der Waals surface area contributed by atoms with Crippen LogP contribution in [0.15, 0.2) is 23.1 Å². The Morgan fingerprint density at radius 1 is 1.43 bits per heavy atom. The number of halogens is 2. The number of nitrogens with zero attached hydrogens (tertiary/aromatic N) is 3. The van der Waals surface area contributed by atoms with Gasteiger partial charge in [0.1, 0.15) is 5.82 Å². The standard InChI is InChI=1S/C13H14Cl2N4OS/c1-8-16-12(18-17-8)6-19(2)13(20)7-21-11-5-9(14)3-4-10(11)15/h3-5H,6-7H2,1-2H3,(H,16,17,18). The molecule has 112 valence electrons. The molecule has 2 aromatic rings. The Kier molecular flexibility index (Phi) is 5.50. The van der Waals surface area contributed by atoms with E-state index in [1.807, 2.05) is 6.92 Å². The van der Waals surface area contributed by atoms with Crippen molar-refractivity contribution in [1.29, 1.82) is 0 Å². The second kappa shape index (κ2) is 7.15. The largest absolute Gasteiger partial charge is 0.337 e. The number of aromatic nitrogens is 3. The molecule has 0 radical (unpaired) electrons. The monoisotopic (exact) mass is 344 g/mol. The average Bonchev–Trinajstić information content (AvgIpc) is 2.84. The van der Waals surface area contributed by atoms with Gasteiger partial charge in [-0.25, -0.2) is 4.98 Å². The summed E-state index contributed by atoms with van der Waals surface area (Å²) < 4.78 is 0. The van der Waals surface area contributed by atoms with Gasteiger partial charge in [0.25, 0.3) is 0 Å². The number of hydrogen-bond acceptors (Lipinski definition) is 4. The third-order valence-corrected chi connectivity index (χ3v) is 4.41. The van der Waals surface area contributed by atoms with E-state index in [1.54, 1.807) is 30.1 Å². The predicted molar refractivity (Wildman–Crippen MR) is 84.8 cm³/mol. The van der Waals surface area contributed by atoms with Crippen LogP contribution >= 0.6 is 35.0 Å². The number of carbonyl (C=O) groups excluding carboxylic acids is 1. The second-order valence-corrected chi connectivity index (χ2v) is 6.31. The molecular weight excluding hydrogens is 331 g/mol. The molecule has 21 heavy (non-hydrogen) atoms. The van der Waals surface area contributed by atoms with Crippen molar-refractivity contribution in [3.8, 4) is 0 Å². The molecule has 0 aliphatic carbocycles. The van der Waals surface area contributed by atoms with Gasteiger partial charge in [-0.15, -0.1) is 11.8 Å². The van der Waals surface area contributed by atoms with Gasteiger partial charge < -0.3 is 4.90 Å². The molecule has 0 saturated heterocycles. The maximum absolute atomic E-state index is 12.1. The SMILES string of the molecule is Cc1nc(CN(C)C(=O)CSc2cc(Cl)ccc2Cl)n[nH]1. The summed E-state index contributed by atoms with van der Waals surface area (Å²) in [6, 6.07) is 5.19. The zero-order valence-electron chi connectivity index (χ0n) is 11.6. The number of rotatable bonds is 5. The summed E-state index contributed by atoms with van der Waals surface area (Å²) in [6.45, 7) is 2.18. The van der Waals surface area contributed by atoms with Crippen molar-refractivity contribution in [3.63, 3.8) is 0 Å². The summed E-state index contributed by atoms with van der Waals surface area (Å²) in [6.07, 6.45) is 0. The number of amides is 1. The highest BCUT2D eigenvalue weighted by Gasteiger charge is 2.13. The quantitative estimate of drug-likeness (QED) is 0.846. The fourth-order valence-corrected chi connectivity index (χ4v) is 3.03. The normalized spacial score (nSPS) is 10.7. The predicted octanol–water partition coefficient (Wildman–Crippen LogP) is 3.17. The second-order valence-electron chi connectivity index (χ2n) is 4.45. The molecule has 0 saturated carbocycles. The van der Waals surface area contributed by atoms with Crippen LogP contribution < -0.4 is 0 Å². The molecule has 0 aliphatic rings. The van der Waals surface area contributed by atoms with Crippen molar-refractivity contribution >= 4 is 40.9 Å². The van der Waals surface area contributed by atoms with Gasteiger partial charge in [-0.05, 0) is 25.1 Å². The highest BCUT2D eigenvalue weighted by molar-refractivity contribution is 8.00. The van der Waals surface area contributed by atoms with Gasteiger partial charge in [-0.2, -0.15) is 5.10 Å². The topological polar surface area (TPSA) is 61.9 Å². The van der Waals surface area contributed by atoms with Gasteiger partial charge in [-0.3, -0.25) is 9.89 Å². The lowest BCUT2D eigenvalue weighted by molar-refractivity contribution is -0.127. The van der Waals surface area contributed by atoms with E-state index in [2.05, 4.69) is 15.2 Å². The molecule has 0 aliphatic heterocycles. The van der Waals surface area contributed by atoms with E-state index in [-0.39, 0.29) is 11.7 Å². The number of H-pyrrole nitrogens is 1. The van der Waals surface area contributed by atoms with Crippen LogP contribution in [0.3, 0.4) is 0 Å². The Bertz CT molecular complexity index is 647. The van der Waals surface area contributed by atoms with Crippen LogP contribution in [0.2, 0.25) is 10.0 Å². The van der Waals surface area contributed by atoms with Gasteiger partial charge in [0.15, 0.2) is 5.82 Å². The first-order valence-corrected chi connectivity index (χ1v) is 7.89. The van der Waals surface area contributed by atoms with Crippen LogP contribution in [0.25, 0.3) is 0 Å². The molecule has 0 fully saturated rings. The highest BCUT2D eigenvalue weighted by atomic mass is 35.5. The number of aromatic amines is 1. The number of nitrogens with one attached hydrogen (secondary N) is 1. The summed E-state index contributed by atoms with van der Waals surface area (Å²) in [5.41, 5.74) is 0. The lowest BCUT2D eigenvalue weighted by Gasteiger charge is -2.15. The molecule has 1 amide bonds. The number of thioether (sulfide) groups is 1. The van der Waals surface area contributed by atoms with Crippen LogP contribution in [0.4, 0.5) is 0 Å². The van der Waals surface area contributed by atoms with Crippen LogP contribution in [0, 0.1) is 6.92 Å². The summed E-state index contributed by atoms with van der Waals surface area (Å²) in [7, 11) is 1.72. The summed E-state index contributed by atoms with van der Waals surface area (Å²) >= 11 is 13.3. The van der Waals surface area contributed by atoms with E-state index in [0.717, 1.165) is 10.7 Å². The smallest absolute Gasteiger partial charge is 0.233 e. The molecule has 8 heteroatoms. The molecular formula is C13H14Cl2N4OS. The van der Waals surface area contributed by atoms with E-state index >= 15 is 0 Å². The minimum atomic E-state index is -0.0292. The van der Waals surface area contributed by atoms with Crippen molar-refractivity contribution in [2.24, 2.45) is 0 Å². The van der Waals surface area contributed by atoms with Gasteiger partial charge in [0.05, 0.1) is 17.3 Å². The molecule has 1 N–H and O–H groups in total. The molecule has 0 spiro atoms. The highest BCUT2D eigenvalue weighted by Crippen LogP contribution is 2.29. The third-order valence-electron chi connectivity index (χ3n) is 2.69. The van der Waals surface area contributed by atoms with Crippen molar-refractivity contribution in [1.82, 2.24) is 20.1 Å². The van der Waals surface area contributed by atoms with E-state index in [1.165, 1.54) is 11.8 Å². The zero-order chi connectivity index (χ0) is 15.4. The Hall–Kier alpha value is -1.24. The van der Waals surface area contributed by atoms with Gasteiger partial charge in [0.2, 0.25) is 5.91 Å². The Labute approximate surface area is 137 Å². The number of aryl methyl sites for hydroxylation is 1. The number of benzene rings is 1. The summed E-state index contributed by atoms with van der Waals surface area (Å²) in [4.78, 5) is 18.6. The Balaban J connectivity index is 1.90. The molecule has 0 bridgehead atoms.